The third kappa shape index (κ3) is 4.49. The minimum Gasteiger partial charge on any atom is -0.494 e. The molecule has 0 aliphatic rings. The van der Waals surface area contributed by atoms with Gasteiger partial charge in [-0.1, -0.05) is 11.6 Å². The van der Waals surface area contributed by atoms with Gasteiger partial charge in [0.15, 0.2) is 0 Å². The molecule has 0 aromatic heterocycles. The Morgan fingerprint density at radius 2 is 2.00 bits per heavy atom. The summed E-state index contributed by atoms with van der Waals surface area (Å²) in [6.07, 6.45) is 0. The Hall–Kier alpha value is -1.35. The summed E-state index contributed by atoms with van der Waals surface area (Å²) in [4.78, 5) is 0. The van der Waals surface area contributed by atoms with E-state index in [1.54, 1.807) is 5.54 Å². The Morgan fingerprint density at radius 3 is 2.61 bits per heavy atom. The maximum Gasteiger partial charge on any atom is 0.142 e. The topological polar surface area (TPSA) is 30.5 Å². The van der Waals surface area contributed by atoms with Crippen molar-refractivity contribution in [3.05, 3.63) is 29.3 Å². The van der Waals surface area contributed by atoms with Crippen molar-refractivity contribution >= 4 is 17.3 Å². The van der Waals surface area contributed by atoms with E-state index < -0.39 is 0 Å². The van der Waals surface area contributed by atoms with Crippen molar-refractivity contribution in [3.8, 4) is 11.5 Å². The standard InChI is InChI=1S/C14H20ClNO2/c1-4-17-12-6-7-14(18-5-2)13(8-12)16-10-11(3)9-15/h6-9,16H,4-5,10H2,1-3H3/b11-9+. The van der Waals surface area contributed by atoms with Crippen molar-refractivity contribution in [1.82, 2.24) is 0 Å². The summed E-state index contributed by atoms with van der Waals surface area (Å²) >= 11 is 5.64. The third-order valence-corrected chi connectivity index (χ3v) is 2.68. The molecule has 18 heavy (non-hydrogen) atoms. The first-order valence-electron chi connectivity index (χ1n) is 6.10. The van der Waals surface area contributed by atoms with Crippen molar-refractivity contribution in [2.45, 2.75) is 20.8 Å². The van der Waals surface area contributed by atoms with Gasteiger partial charge in [-0.3, -0.25) is 0 Å². The minimum absolute atomic E-state index is 0.632. The zero-order valence-electron chi connectivity index (χ0n) is 11.1. The summed E-state index contributed by atoms with van der Waals surface area (Å²) in [6.45, 7) is 7.85. The van der Waals surface area contributed by atoms with Gasteiger partial charge in [-0.25, -0.2) is 0 Å². The molecular formula is C14H20ClNO2. The molecular weight excluding hydrogens is 250 g/mol. The predicted molar refractivity (Wildman–Crippen MR) is 76.9 cm³/mol. The quantitative estimate of drug-likeness (QED) is 0.810. The number of hydrogen-bond donors (Lipinski definition) is 1. The van der Waals surface area contributed by atoms with E-state index in [-0.39, 0.29) is 0 Å². The third-order valence-electron chi connectivity index (χ3n) is 2.31. The minimum atomic E-state index is 0.632. The van der Waals surface area contributed by atoms with Crippen molar-refractivity contribution in [1.29, 1.82) is 0 Å². The number of anilines is 1. The lowest BCUT2D eigenvalue weighted by atomic mass is 10.2. The molecule has 3 nitrogen and oxygen atoms in total. The van der Waals surface area contributed by atoms with E-state index in [0.29, 0.717) is 19.8 Å². The van der Waals surface area contributed by atoms with Gasteiger partial charge in [0.1, 0.15) is 11.5 Å². The van der Waals surface area contributed by atoms with Crippen molar-refractivity contribution in [3.63, 3.8) is 0 Å². The molecule has 0 spiro atoms. The van der Waals surface area contributed by atoms with Crippen LogP contribution in [0.5, 0.6) is 11.5 Å². The van der Waals surface area contributed by atoms with Gasteiger partial charge in [0.25, 0.3) is 0 Å². The first-order chi connectivity index (χ1) is 8.71. The zero-order valence-corrected chi connectivity index (χ0v) is 11.9. The van der Waals surface area contributed by atoms with Crippen LogP contribution in [0.25, 0.3) is 0 Å². The highest BCUT2D eigenvalue weighted by Crippen LogP contribution is 2.29. The second kappa shape index (κ2) is 7.88. The fraction of sp³-hybridized carbons (Fsp3) is 0.429. The Bertz CT molecular complexity index is 405. The number of benzene rings is 1. The molecule has 1 aromatic rings. The zero-order chi connectivity index (χ0) is 13.4. The number of nitrogens with one attached hydrogen (secondary N) is 1. The van der Waals surface area contributed by atoms with Gasteiger partial charge in [0.05, 0.1) is 18.9 Å². The van der Waals surface area contributed by atoms with Gasteiger partial charge in [-0.05, 0) is 38.5 Å². The van der Waals surface area contributed by atoms with E-state index in [1.165, 1.54) is 0 Å². The van der Waals surface area contributed by atoms with Crippen molar-refractivity contribution < 1.29 is 9.47 Å². The Morgan fingerprint density at radius 1 is 1.28 bits per heavy atom. The summed E-state index contributed by atoms with van der Waals surface area (Å²) in [5.74, 6) is 1.65. The van der Waals surface area contributed by atoms with Crippen LogP contribution in [0.4, 0.5) is 5.69 Å². The molecule has 1 rings (SSSR count). The average molecular weight is 270 g/mol. The number of rotatable bonds is 7. The van der Waals surface area contributed by atoms with Crippen LogP contribution in [0, 0.1) is 0 Å². The van der Waals surface area contributed by atoms with Gasteiger partial charge in [-0.2, -0.15) is 0 Å². The highest BCUT2D eigenvalue weighted by atomic mass is 35.5. The molecule has 0 bridgehead atoms. The van der Waals surface area contributed by atoms with Crippen LogP contribution in [-0.4, -0.2) is 19.8 Å². The molecule has 0 unspecified atom stereocenters. The van der Waals surface area contributed by atoms with Crippen molar-refractivity contribution in [2.24, 2.45) is 0 Å². The summed E-state index contributed by atoms with van der Waals surface area (Å²) in [5, 5.41) is 3.29. The summed E-state index contributed by atoms with van der Waals surface area (Å²) in [5.41, 5.74) is 3.54. The summed E-state index contributed by atoms with van der Waals surface area (Å²) in [7, 11) is 0. The van der Waals surface area contributed by atoms with Crippen molar-refractivity contribution in [2.75, 3.05) is 25.1 Å². The smallest absolute Gasteiger partial charge is 0.142 e. The van der Waals surface area contributed by atoms with E-state index in [9.17, 15) is 0 Å². The Balaban J connectivity index is 2.84. The van der Waals surface area contributed by atoms with Crippen LogP contribution in [0.3, 0.4) is 0 Å². The fourth-order valence-corrected chi connectivity index (χ4v) is 1.54. The van der Waals surface area contributed by atoms with Crippen LogP contribution < -0.4 is 14.8 Å². The largest absolute Gasteiger partial charge is 0.494 e. The molecule has 1 N–H and O–H groups in total. The molecule has 0 fully saturated rings. The first kappa shape index (κ1) is 14.7. The van der Waals surface area contributed by atoms with Gasteiger partial charge in [0.2, 0.25) is 0 Å². The first-order valence-corrected chi connectivity index (χ1v) is 6.54. The molecule has 4 heteroatoms. The lowest BCUT2D eigenvalue weighted by Gasteiger charge is -2.14. The maximum absolute atomic E-state index is 5.64. The second-order valence-corrected chi connectivity index (χ2v) is 4.05. The molecule has 1 aromatic carbocycles. The Kier molecular flexibility index (Phi) is 6.44. The van der Waals surface area contributed by atoms with Crippen LogP contribution in [0.2, 0.25) is 0 Å². The number of ether oxygens (including phenoxy) is 2. The Labute approximate surface area is 114 Å². The molecule has 0 saturated carbocycles. The molecule has 0 radical (unpaired) electrons. The summed E-state index contributed by atoms with van der Waals surface area (Å²) < 4.78 is 11.0. The van der Waals surface area contributed by atoms with E-state index in [0.717, 1.165) is 22.8 Å². The average Bonchev–Trinajstić information content (AvgIpc) is 2.39. The number of hydrogen-bond acceptors (Lipinski definition) is 3. The SMILES string of the molecule is CCOc1ccc(OCC)c(NC/C(C)=C/Cl)c1. The van der Waals surface area contributed by atoms with Crippen LogP contribution >= 0.6 is 11.6 Å². The predicted octanol–water partition coefficient (Wildman–Crippen LogP) is 4.04. The molecule has 0 atom stereocenters. The molecule has 0 heterocycles. The summed E-state index contributed by atoms with van der Waals surface area (Å²) in [6, 6.07) is 5.76. The lowest BCUT2D eigenvalue weighted by Crippen LogP contribution is -2.05. The normalized spacial score (nSPS) is 11.2. The van der Waals surface area contributed by atoms with E-state index in [2.05, 4.69) is 5.32 Å². The van der Waals surface area contributed by atoms with E-state index in [1.807, 2.05) is 39.0 Å². The van der Waals surface area contributed by atoms with Gasteiger partial charge in [0, 0.05) is 18.1 Å². The highest BCUT2D eigenvalue weighted by Gasteiger charge is 2.05. The molecule has 0 saturated heterocycles. The van der Waals surface area contributed by atoms with Crippen LogP contribution in [0.15, 0.2) is 29.3 Å². The van der Waals surface area contributed by atoms with Gasteiger partial charge >= 0.3 is 0 Å². The van der Waals surface area contributed by atoms with Gasteiger partial charge < -0.3 is 14.8 Å². The highest BCUT2D eigenvalue weighted by molar-refractivity contribution is 6.25. The van der Waals surface area contributed by atoms with E-state index >= 15 is 0 Å². The monoisotopic (exact) mass is 269 g/mol. The molecule has 0 amide bonds. The van der Waals surface area contributed by atoms with Crippen LogP contribution in [0.1, 0.15) is 20.8 Å². The lowest BCUT2D eigenvalue weighted by molar-refractivity contribution is 0.332. The number of halogens is 1. The molecule has 0 aliphatic carbocycles. The van der Waals surface area contributed by atoms with Crippen LogP contribution in [-0.2, 0) is 0 Å². The fourth-order valence-electron chi connectivity index (χ4n) is 1.46. The van der Waals surface area contributed by atoms with Gasteiger partial charge in [-0.15, -0.1) is 0 Å². The molecule has 100 valence electrons. The van der Waals surface area contributed by atoms with E-state index in [4.69, 9.17) is 21.1 Å². The maximum atomic E-state index is 5.64. The molecule has 0 aliphatic heterocycles. The second-order valence-electron chi connectivity index (χ2n) is 3.83.